The zero-order valence-corrected chi connectivity index (χ0v) is 17.0. The van der Waals surface area contributed by atoms with Crippen molar-refractivity contribution in [3.8, 4) is 22.8 Å². The SMILES string of the molecule is O=C(c1ccccc1-c1nc(-c2ccc(Cl)cc2)no1)N1CCC2(CC1)OCCO2. The van der Waals surface area contributed by atoms with Crippen LogP contribution in [0.15, 0.2) is 53.1 Å². The lowest BCUT2D eigenvalue weighted by atomic mass is 10.0. The van der Waals surface area contributed by atoms with Crippen LogP contribution in [0.2, 0.25) is 5.02 Å². The van der Waals surface area contributed by atoms with Crippen LogP contribution in [0, 0.1) is 0 Å². The molecule has 3 aromatic rings. The Bertz CT molecular complexity index is 1050. The first-order valence-corrected chi connectivity index (χ1v) is 10.3. The van der Waals surface area contributed by atoms with Gasteiger partial charge in [-0.15, -0.1) is 0 Å². The number of likely N-dealkylation sites (tertiary alicyclic amines) is 1. The number of carbonyl (C=O) groups is 1. The second kappa shape index (κ2) is 7.83. The maximum atomic E-state index is 13.3. The van der Waals surface area contributed by atoms with E-state index in [-0.39, 0.29) is 5.91 Å². The molecule has 5 rings (SSSR count). The number of nitrogens with zero attached hydrogens (tertiary/aromatic N) is 3. The topological polar surface area (TPSA) is 77.7 Å². The first kappa shape index (κ1) is 19.2. The van der Waals surface area contributed by atoms with Crippen molar-refractivity contribution in [1.82, 2.24) is 15.0 Å². The number of hydrogen-bond donors (Lipinski definition) is 0. The predicted octanol–water partition coefficient (Wildman–Crippen LogP) is 4.04. The standard InChI is InChI=1S/C22H20ClN3O4/c23-16-7-5-15(6-8-16)19-24-20(30-25-19)17-3-1-2-4-18(17)21(27)26-11-9-22(10-12-26)28-13-14-29-22/h1-8H,9-14H2. The van der Waals surface area contributed by atoms with E-state index in [0.717, 1.165) is 5.56 Å². The van der Waals surface area contributed by atoms with Gasteiger partial charge in [0.05, 0.1) is 24.3 Å². The summed E-state index contributed by atoms with van der Waals surface area (Å²) in [5.41, 5.74) is 1.94. The molecule has 0 aliphatic carbocycles. The monoisotopic (exact) mass is 425 g/mol. The molecule has 2 saturated heterocycles. The summed E-state index contributed by atoms with van der Waals surface area (Å²) in [5, 5.41) is 4.70. The molecule has 154 valence electrons. The summed E-state index contributed by atoms with van der Waals surface area (Å²) < 4.78 is 17.0. The molecule has 2 aliphatic rings. The maximum absolute atomic E-state index is 13.3. The fourth-order valence-corrected chi connectivity index (χ4v) is 4.04. The zero-order valence-electron chi connectivity index (χ0n) is 16.2. The average molecular weight is 426 g/mol. The van der Waals surface area contributed by atoms with E-state index in [2.05, 4.69) is 10.1 Å². The third-order valence-corrected chi connectivity index (χ3v) is 5.79. The minimum Gasteiger partial charge on any atom is -0.347 e. The highest BCUT2D eigenvalue weighted by atomic mass is 35.5. The Morgan fingerprint density at radius 1 is 1.00 bits per heavy atom. The molecule has 0 saturated carbocycles. The molecule has 8 heteroatoms. The zero-order chi connectivity index (χ0) is 20.6. The summed E-state index contributed by atoms with van der Waals surface area (Å²) in [7, 11) is 0. The van der Waals surface area contributed by atoms with Crippen LogP contribution < -0.4 is 0 Å². The van der Waals surface area contributed by atoms with Crippen LogP contribution in [-0.2, 0) is 9.47 Å². The molecule has 1 aromatic heterocycles. The average Bonchev–Trinajstić information content (AvgIpc) is 3.45. The van der Waals surface area contributed by atoms with E-state index in [0.29, 0.717) is 67.0 Å². The smallest absolute Gasteiger partial charge is 0.259 e. The highest BCUT2D eigenvalue weighted by Gasteiger charge is 2.41. The number of hydrogen-bond acceptors (Lipinski definition) is 6. The Kier molecular flexibility index (Phi) is 5.02. The van der Waals surface area contributed by atoms with Gasteiger partial charge in [0.25, 0.3) is 11.8 Å². The summed E-state index contributed by atoms with van der Waals surface area (Å²) in [6, 6.07) is 14.5. The normalized spacial score (nSPS) is 18.1. The largest absolute Gasteiger partial charge is 0.347 e. The molecular formula is C22H20ClN3O4. The van der Waals surface area contributed by atoms with Gasteiger partial charge in [-0.1, -0.05) is 28.9 Å². The number of piperidine rings is 1. The molecule has 2 aliphatic heterocycles. The predicted molar refractivity (Wildman–Crippen MR) is 110 cm³/mol. The van der Waals surface area contributed by atoms with Crippen molar-refractivity contribution in [3.05, 3.63) is 59.1 Å². The van der Waals surface area contributed by atoms with E-state index in [1.165, 1.54) is 0 Å². The Labute approximate surface area is 178 Å². The first-order valence-electron chi connectivity index (χ1n) is 9.90. The van der Waals surface area contributed by atoms with E-state index in [4.69, 9.17) is 25.6 Å². The van der Waals surface area contributed by atoms with Crippen LogP contribution in [0.4, 0.5) is 0 Å². The molecular weight excluding hydrogens is 406 g/mol. The molecule has 0 unspecified atom stereocenters. The van der Waals surface area contributed by atoms with E-state index in [9.17, 15) is 4.79 Å². The van der Waals surface area contributed by atoms with Gasteiger partial charge in [0, 0.05) is 36.5 Å². The number of carbonyl (C=O) groups excluding carboxylic acids is 1. The van der Waals surface area contributed by atoms with Crippen molar-refractivity contribution in [2.75, 3.05) is 26.3 Å². The number of aromatic nitrogens is 2. The molecule has 7 nitrogen and oxygen atoms in total. The van der Waals surface area contributed by atoms with E-state index in [1.54, 1.807) is 18.2 Å². The molecule has 0 bridgehead atoms. The van der Waals surface area contributed by atoms with Gasteiger partial charge in [-0.3, -0.25) is 4.79 Å². The Balaban J connectivity index is 1.38. The molecule has 1 amide bonds. The van der Waals surface area contributed by atoms with Crippen LogP contribution in [-0.4, -0.2) is 53.0 Å². The first-order chi connectivity index (χ1) is 14.6. The summed E-state index contributed by atoms with van der Waals surface area (Å²) in [6.45, 7) is 2.38. The van der Waals surface area contributed by atoms with Crippen LogP contribution in [0.3, 0.4) is 0 Å². The lowest BCUT2D eigenvalue weighted by molar-refractivity contribution is -0.181. The van der Waals surface area contributed by atoms with Crippen molar-refractivity contribution < 1.29 is 18.8 Å². The summed E-state index contributed by atoms with van der Waals surface area (Å²) in [5.74, 6) is 0.167. The van der Waals surface area contributed by atoms with Crippen LogP contribution >= 0.6 is 11.6 Å². The van der Waals surface area contributed by atoms with Crippen molar-refractivity contribution in [1.29, 1.82) is 0 Å². The van der Waals surface area contributed by atoms with Gasteiger partial charge < -0.3 is 18.9 Å². The van der Waals surface area contributed by atoms with E-state index < -0.39 is 5.79 Å². The summed E-state index contributed by atoms with van der Waals surface area (Å²) >= 11 is 5.95. The Hall–Kier alpha value is -2.74. The van der Waals surface area contributed by atoms with Gasteiger partial charge in [0.2, 0.25) is 5.82 Å². The Morgan fingerprint density at radius 3 is 2.43 bits per heavy atom. The Morgan fingerprint density at radius 2 is 1.70 bits per heavy atom. The minimum atomic E-state index is -0.518. The van der Waals surface area contributed by atoms with Crippen molar-refractivity contribution >= 4 is 17.5 Å². The molecule has 2 aromatic carbocycles. The second-order valence-corrected chi connectivity index (χ2v) is 7.81. The van der Waals surface area contributed by atoms with Crippen LogP contribution in [0.1, 0.15) is 23.2 Å². The number of benzene rings is 2. The van der Waals surface area contributed by atoms with Crippen molar-refractivity contribution in [2.24, 2.45) is 0 Å². The highest BCUT2D eigenvalue weighted by molar-refractivity contribution is 6.30. The van der Waals surface area contributed by atoms with Gasteiger partial charge in [-0.2, -0.15) is 4.98 Å². The second-order valence-electron chi connectivity index (χ2n) is 7.38. The molecule has 0 radical (unpaired) electrons. The van der Waals surface area contributed by atoms with Crippen LogP contribution in [0.5, 0.6) is 0 Å². The number of amides is 1. The lowest BCUT2D eigenvalue weighted by Crippen LogP contribution is -2.47. The van der Waals surface area contributed by atoms with Gasteiger partial charge in [-0.25, -0.2) is 0 Å². The van der Waals surface area contributed by atoms with Crippen molar-refractivity contribution in [3.63, 3.8) is 0 Å². The molecule has 3 heterocycles. The minimum absolute atomic E-state index is 0.0651. The molecule has 30 heavy (non-hydrogen) atoms. The third-order valence-electron chi connectivity index (χ3n) is 5.54. The van der Waals surface area contributed by atoms with Crippen molar-refractivity contribution in [2.45, 2.75) is 18.6 Å². The van der Waals surface area contributed by atoms with Gasteiger partial charge in [0.1, 0.15) is 0 Å². The van der Waals surface area contributed by atoms with Gasteiger partial charge in [-0.05, 0) is 36.4 Å². The van der Waals surface area contributed by atoms with E-state index >= 15 is 0 Å². The fraction of sp³-hybridized carbons (Fsp3) is 0.318. The highest BCUT2D eigenvalue weighted by Crippen LogP contribution is 2.33. The van der Waals surface area contributed by atoms with Crippen LogP contribution in [0.25, 0.3) is 22.8 Å². The molecule has 1 spiro atoms. The van der Waals surface area contributed by atoms with E-state index in [1.807, 2.05) is 35.2 Å². The third kappa shape index (κ3) is 3.60. The number of ether oxygens (including phenoxy) is 2. The number of halogens is 1. The van der Waals surface area contributed by atoms with Gasteiger partial charge in [0.15, 0.2) is 5.79 Å². The quantitative estimate of drug-likeness (QED) is 0.630. The fourth-order valence-electron chi connectivity index (χ4n) is 3.91. The molecule has 0 N–H and O–H groups in total. The molecule has 2 fully saturated rings. The summed E-state index contributed by atoms with van der Waals surface area (Å²) in [4.78, 5) is 19.6. The molecule has 0 atom stereocenters. The number of rotatable bonds is 3. The van der Waals surface area contributed by atoms with Gasteiger partial charge >= 0.3 is 0 Å². The lowest BCUT2D eigenvalue weighted by Gasteiger charge is -2.37. The maximum Gasteiger partial charge on any atom is 0.259 e. The summed E-state index contributed by atoms with van der Waals surface area (Å²) in [6.07, 6.45) is 1.34.